The third-order valence-corrected chi connectivity index (χ3v) is 3.82. The van der Waals surface area contributed by atoms with Crippen molar-refractivity contribution in [1.29, 1.82) is 0 Å². The standard InChI is InChI=1S/C10H8ClF3O2S/c11-9(10(12,13)14)6-7-17(15,16)8-4-2-1-3-5-8/h1-6H,7H2. The lowest BCUT2D eigenvalue weighted by molar-refractivity contribution is -0.0846. The Balaban J connectivity index is 2.90. The van der Waals surface area contributed by atoms with Gasteiger partial charge >= 0.3 is 6.18 Å². The van der Waals surface area contributed by atoms with Gasteiger partial charge in [-0.3, -0.25) is 0 Å². The molecule has 2 nitrogen and oxygen atoms in total. The molecular weight excluding hydrogens is 277 g/mol. The molecule has 94 valence electrons. The number of hydrogen-bond acceptors (Lipinski definition) is 2. The molecule has 0 saturated heterocycles. The molecule has 0 bridgehead atoms. The Morgan fingerprint density at radius 2 is 1.76 bits per heavy atom. The second-order valence-corrected chi connectivity index (χ2v) is 5.59. The fourth-order valence-corrected chi connectivity index (χ4v) is 2.34. The van der Waals surface area contributed by atoms with Gasteiger partial charge in [0.05, 0.1) is 10.6 Å². The Hall–Kier alpha value is -1.01. The van der Waals surface area contributed by atoms with Crippen molar-refractivity contribution in [3.63, 3.8) is 0 Å². The molecule has 0 aliphatic rings. The molecule has 1 rings (SSSR count). The first-order chi connectivity index (χ1) is 7.73. The molecule has 1 aromatic rings. The average molecular weight is 285 g/mol. The van der Waals surface area contributed by atoms with Gasteiger partial charge in [0.25, 0.3) is 0 Å². The molecule has 0 aliphatic heterocycles. The van der Waals surface area contributed by atoms with Gasteiger partial charge in [-0.2, -0.15) is 13.2 Å². The summed E-state index contributed by atoms with van der Waals surface area (Å²) in [6, 6.07) is 7.21. The fraction of sp³-hybridized carbons (Fsp3) is 0.200. The van der Waals surface area contributed by atoms with E-state index < -0.39 is 26.8 Å². The molecule has 0 N–H and O–H groups in total. The minimum absolute atomic E-state index is 0.0390. The first-order valence-corrected chi connectivity index (χ1v) is 6.47. The van der Waals surface area contributed by atoms with Crippen molar-refractivity contribution in [2.75, 3.05) is 5.75 Å². The zero-order chi connectivity index (χ0) is 13.1. The fourth-order valence-electron chi connectivity index (χ4n) is 1.02. The average Bonchev–Trinajstić information content (AvgIpc) is 2.26. The van der Waals surface area contributed by atoms with Gasteiger partial charge in [0.15, 0.2) is 9.84 Å². The molecule has 0 saturated carbocycles. The Morgan fingerprint density at radius 3 is 2.24 bits per heavy atom. The van der Waals surface area contributed by atoms with E-state index in [-0.39, 0.29) is 4.90 Å². The molecule has 0 spiro atoms. The summed E-state index contributed by atoms with van der Waals surface area (Å²) < 4.78 is 59.3. The normalized spacial score (nSPS) is 13.8. The third-order valence-electron chi connectivity index (χ3n) is 1.86. The zero-order valence-electron chi connectivity index (χ0n) is 8.41. The monoisotopic (exact) mass is 284 g/mol. The summed E-state index contributed by atoms with van der Waals surface area (Å²) in [6.07, 6.45) is -4.27. The van der Waals surface area contributed by atoms with E-state index in [9.17, 15) is 21.6 Å². The lowest BCUT2D eigenvalue weighted by atomic mass is 10.4. The summed E-state index contributed by atoms with van der Waals surface area (Å²) in [6.45, 7) is 0. The van der Waals surface area contributed by atoms with Crippen LogP contribution in [0.1, 0.15) is 0 Å². The highest BCUT2D eigenvalue weighted by Crippen LogP contribution is 2.28. The first-order valence-electron chi connectivity index (χ1n) is 4.44. The number of sulfone groups is 1. The molecule has 0 amide bonds. The van der Waals surface area contributed by atoms with E-state index in [2.05, 4.69) is 0 Å². The molecule has 0 aromatic heterocycles. The largest absolute Gasteiger partial charge is 0.426 e. The Bertz CT molecular complexity index is 506. The number of benzene rings is 1. The summed E-state index contributed by atoms with van der Waals surface area (Å²) in [5, 5.41) is -1.43. The second-order valence-electron chi connectivity index (χ2n) is 3.14. The van der Waals surface area contributed by atoms with Gasteiger partial charge in [0.2, 0.25) is 0 Å². The van der Waals surface area contributed by atoms with Crippen LogP contribution in [0.5, 0.6) is 0 Å². The van der Waals surface area contributed by atoms with Gasteiger partial charge in [0, 0.05) is 0 Å². The number of rotatable bonds is 3. The van der Waals surface area contributed by atoms with Crippen LogP contribution in [0, 0.1) is 0 Å². The van der Waals surface area contributed by atoms with E-state index >= 15 is 0 Å². The molecule has 0 fully saturated rings. The van der Waals surface area contributed by atoms with Crippen LogP contribution in [0.2, 0.25) is 0 Å². The number of alkyl halides is 3. The predicted molar refractivity (Wildman–Crippen MR) is 58.5 cm³/mol. The molecule has 17 heavy (non-hydrogen) atoms. The SMILES string of the molecule is O=S(=O)(CC=C(Cl)C(F)(F)F)c1ccccc1. The van der Waals surface area contributed by atoms with Crippen molar-refractivity contribution < 1.29 is 21.6 Å². The summed E-state index contributed by atoms with van der Waals surface area (Å²) >= 11 is 4.92. The van der Waals surface area contributed by atoms with Crippen LogP contribution in [0.4, 0.5) is 13.2 Å². The lowest BCUT2D eigenvalue weighted by Crippen LogP contribution is -2.10. The molecule has 1 aromatic carbocycles. The van der Waals surface area contributed by atoms with Gasteiger partial charge in [-0.15, -0.1) is 0 Å². The minimum Gasteiger partial charge on any atom is -0.223 e. The summed E-state index contributed by atoms with van der Waals surface area (Å²) in [7, 11) is -3.78. The van der Waals surface area contributed by atoms with Crippen molar-refractivity contribution in [2.24, 2.45) is 0 Å². The van der Waals surface area contributed by atoms with Gasteiger partial charge in [0.1, 0.15) is 5.03 Å². The molecule has 7 heteroatoms. The predicted octanol–water partition coefficient (Wildman–Crippen LogP) is 3.15. The van der Waals surface area contributed by atoms with Crippen LogP contribution in [0.15, 0.2) is 46.3 Å². The van der Waals surface area contributed by atoms with Crippen LogP contribution in [0.3, 0.4) is 0 Å². The molecule has 0 radical (unpaired) electrons. The van der Waals surface area contributed by atoms with E-state index in [1.165, 1.54) is 24.3 Å². The van der Waals surface area contributed by atoms with E-state index in [0.29, 0.717) is 6.08 Å². The second kappa shape index (κ2) is 5.10. The van der Waals surface area contributed by atoms with E-state index in [1.54, 1.807) is 6.07 Å². The van der Waals surface area contributed by atoms with E-state index in [0.717, 1.165) is 0 Å². The Labute approximate surface area is 102 Å². The number of allylic oxidation sites excluding steroid dienone is 1. The number of halogens is 4. The van der Waals surface area contributed by atoms with Crippen molar-refractivity contribution in [2.45, 2.75) is 11.1 Å². The topological polar surface area (TPSA) is 34.1 Å². The maximum absolute atomic E-state index is 12.0. The Morgan fingerprint density at radius 1 is 1.24 bits per heavy atom. The zero-order valence-corrected chi connectivity index (χ0v) is 9.98. The van der Waals surface area contributed by atoms with Crippen LogP contribution < -0.4 is 0 Å². The Kier molecular flexibility index (Phi) is 4.21. The van der Waals surface area contributed by atoms with Gasteiger partial charge in [-0.05, 0) is 18.2 Å². The van der Waals surface area contributed by atoms with Gasteiger partial charge in [-0.25, -0.2) is 8.42 Å². The van der Waals surface area contributed by atoms with Crippen LogP contribution in [-0.2, 0) is 9.84 Å². The summed E-state index contributed by atoms with van der Waals surface area (Å²) in [5.74, 6) is -0.782. The van der Waals surface area contributed by atoms with E-state index in [1.807, 2.05) is 0 Å². The maximum Gasteiger partial charge on any atom is 0.426 e. The molecule has 0 heterocycles. The van der Waals surface area contributed by atoms with Crippen molar-refractivity contribution in [3.05, 3.63) is 41.4 Å². The first kappa shape index (κ1) is 14.1. The molecular formula is C10H8ClF3O2S. The quantitative estimate of drug-likeness (QED) is 0.854. The minimum atomic E-state index is -4.71. The van der Waals surface area contributed by atoms with Gasteiger partial charge in [-0.1, -0.05) is 29.8 Å². The third kappa shape index (κ3) is 4.05. The van der Waals surface area contributed by atoms with Crippen molar-refractivity contribution in [3.8, 4) is 0 Å². The van der Waals surface area contributed by atoms with Crippen LogP contribution >= 0.6 is 11.6 Å². The molecule has 0 aliphatic carbocycles. The lowest BCUT2D eigenvalue weighted by Gasteiger charge is -2.05. The highest BCUT2D eigenvalue weighted by molar-refractivity contribution is 7.91. The summed E-state index contributed by atoms with van der Waals surface area (Å²) in [4.78, 5) is -0.0390. The molecule has 0 atom stereocenters. The van der Waals surface area contributed by atoms with Crippen LogP contribution in [-0.4, -0.2) is 20.3 Å². The van der Waals surface area contributed by atoms with Crippen molar-refractivity contribution >= 4 is 21.4 Å². The van der Waals surface area contributed by atoms with E-state index in [4.69, 9.17) is 11.6 Å². The molecule has 0 unspecified atom stereocenters. The van der Waals surface area contributed by atoms with Crippen LogP contribution in [0.25, 0.3) is 0 Å². The highest BCUT2D eigenvalue weighted by Gasteiger charge is 2.32. The number of hydrogen-bond donors (Lipinski definition) is 0. The highest BCUT2D eigenvalue weighted by atomic mass is 35.5. The van der Waals surface area contributed by atoms with Gasteiger partial charge < -0.3 is 0 Å². The summed E-state index contributed by atoms with van der Waals surface area (Å²) in [5.41, 5.74) is 0. The van der Waals surface area contributed by atoms with Crippen molar-refractivity contribution in [1.82, 2.24) is 0 Å². The smallest absolute Gasteiger partial charge is 0.223 e. The maximum atomic E-state index is 12.0.